The first-order valence-corrected chi connectivity index (χ1v) is 4.88. The van der Waals surface area contributed by atoms with Crippen LogP contribution >= 0.6 is 0 Å². The molecule has 0 saturated heterocycles. The van der Waals surface area contributed by atoms with E-state index in [0.29, 0.717) is 19.0 Å². The second-order valence-corrected chi connectivity index (χ2v) is 3.11. The Morgan fingerprint density at radius 2 is 2.31 bits per heavy atom. The lowest BCUT2D eigenvalue weighted by Gasteiger charge is -2.09. The maximum Gasteiger partial charge on any atom is 0.192 e. The van der Waals surface area contributed by atoms with E-state index in [0.717, 1.165) is 5.56 Å². The highest BCUT2D eigenvalue weighted by atomic mass is 19.1. The number of nitrogens with one attached hydrogen (secondary N) is 2. The number of rotatable bonds is 3. The SMILES string of the molecule is C#CCNC(=NC)NCc1cccc(F)c1. The zero-order valence-corrected chi connectivity index (χ0v) is 9.13. The van der Waals surface area contributed by atoms with E-state index in [1.165, 1.54) is 12.1 Å². The number of nitrogens with zero attached hydrogens (tertiary/aromatic N) is 1. The summed E-state index contributed by atoms with van der Waals surface area (Å²) in [6.45, 7) is 0.908. The fourth-order valence-electron chi connectivity index (χ4n) is 1.19. The first kappa shape index (κ1) is 12.1. The normalized spacial score (nSPS) is 10.7. The molecule has 0 spiro atoms. The lowest BCUT2D eigenvalue weighted by atomic mass is 10.2. The molecule has 1 aromatic rings. The molecule has 4 heteroatoms. The summed E-state index contributed by atoms with van der Waals surface area (Å²) in [4.78, 5) is 3.97. The molecule has 16 heavy (non-hydrogen) atoms. The number of guanidine groups is 1. The molecule has 0 aliphatic carbocycles. The summed E-state index contributed by atoms with van der Waals surface area (Å²) >= 11 is 0. The van der Waals surface area contributed by atoms with Crippen molar-refractivity contribution >= 4 is 5.96 Å². The van der Waals surface area contributed by atoms with Gasteiger partial charge in [-0.15, -0.1) is 6.42 Å². The largest absolute Gasteiger partial charge is 0.352 e. The predicted molar refractivity (Wildman–Crippen MR) is 63.4 cm³/mol. The van der Waals surface area contributed by atoms with Crippen molar-refractivity contribution in [2.75, 3.05) is 13.6 Å². The number of benzene rings is 1. The molecule has 2 N–H and O–H groups in total. The van der Waals surface area contributed by atoms with Gasteiger partial charge in [-0.1, -0.05) is 18.1 Å². The third kappa shape index (κ3) is 4.01. The van der Waals surface area contributed by atoms with E-state index in [1.54, 1.807) is 13.1 Å². The summed E-state index contributed by atoms with van der Waals surface area (Å²) < 4.78 is 12.9. The fraction of sp³-hybridized carbons (Fsp3) is 0.250. The van der Waals surface area contributed by atoms with Gasteiger partial charge in [-0.3, -0.25) is 4.99 Å². The van der Waals surface area contributed by atoms with Crippen LogP contribution in [-0.4, -0.2) is 19.6 Å². The molecule has 0 radical (unpaired) electrons. The van der Waals surface area contributed by atoms with Gasteiger partial charge in [0.25, 0.3) is 0 Å². The van der Waals surface area contributed by atoms with Crippen molar-refractivity contribution in [2.45, 2.75) is 6.54 Å². The third-order valence-corrected chi connectivity index (χ3v) is 1.93. The Morgan fingerprint density at radius 1 is 1.50 bits per heavy atom. The molecule has 0 fully saturated rings. The van der Waals surface area contributed by atoms with Gasteiger partial charge in [0.1, 0.15) is 5.82 Å². The van der Waals surface area contributed by atoms with Crippen LogP contribution in [0, 0.1) is 18.2 Å². The van der Waals surface area contributed by atoms with Crippen LogP contribution in [0.2, 0.25) is 0 Å². The van der Waals surface area contributed by atoms with Gasteiger partial charge in [-0.05, 0) is 17.7 Å². The highest BCUT2D eigenvalue weighted by Gasteiger charge is 1.97. The van der Waals surface area contributed by atoms with Gasteiger partial charge in [0.05, 0.1) is 6.54 Å². The molecule has 0 aliphatic heterocycles. The minimum Gasteiger partial charge on any atom is -0.352 e. The smallest absolute Gasteiger partial charge is 0.192 e. The summed E-state index contributed by atoms with van der Waals surface area (Å²) in [7, 11) is 1.65. The predicted octanol–water partition coefficient (Wildman–Crippen LogP) is 1.12. The summed E-state index contributed by atoms with van der Waals surface area (Å²) in [6, 6.07) is 6.39. The molecule has 0 bridgehead atoms. The van der Waals surface area contributed by atoms with E-state index in [1.807, 2.05) is 6.07 Å². The van der Waals surface area contributed by atoms with Crippen molar-refractivity contribution in [3.05, 3.63) is 35.6 Å². The standard InChI is InChI=1S/C12H14FN3/c1-3-7-15-12(14-2)16-9-10-5-4-6-11(13)8-10/h1,4-6,8H,7,9H2,2H3,(H2,14,15,16). The lowest BCUT2D eigenvalue weighted by molar-refractivity contribution is 0.624. The molecular formula is C12H14FN3. The Bertz CT molecular complexity index is 407. The number of terminal acetylenes is 1. The van der Waals surface area contributed by atoms with Crippen LogP contribution < -0.4 is 10.6 Å². The van der Waals surface area contributed by atoms with Gasteiger partial charge in [-0.25, -0.2) is 4.39 Å². The highest BCUT2D eigenvalue weighted by molar-refractivity contribution is 5.79. The Labute approximate surface area is 94.8 Å². The first-order chi connectivity index (χ1) is 7.76. The molecule has 84 valence electrons. The molecule has 0 atom stereocenters. The lowest BCUT2D eigenvalue weighted by Crippen LogP contribution is -2.36. The second kappa shape index (κ2) is 6.46. The van der Waals surface area contributed by atoms with Gasteiger partial charge < -0.3 is 10.6 Å². The van der Waals surface area contributed by atoms with Crippen molar-refractivity contribution in [3.8, 4) is 12.3 Å². The Kier molecular flexibility index (Phi) is 4.87. The number of hydrogen-bond donors (Lipinski definition) is 2. The maximum absolute atomic E-state index is 12.9. The van der Waals surface area contributed by atoms with Crippen LogP contribution in [0.5, 0.6) is 0 Å². The number of hydrogen-bond acceptors (Lipinski definition) is 1. The molecule has 0 aromatic heterocycles. The topological polar surface area (TPSA) is 36.4 Å². The fourth-order valence-corrected chi connectivity index (χ4v) is 1.19. The number of halogens is 1. The average molecular weight is 219 g/mol. The quantitative estimate of drug-likeness (QED) is 0.454. The van der Waals surface area contributed by atoms with E-state index >= 15 is 0 Å². The molecule has 0 unspecified atom stereocenters. The number of aliphatic imine (C=N–C) groups is 1. The van der Waals surface area contributed by atoms with Crippen molar-refractivity contribution in [3.63, 3.8) is 0 Å². The van der Waals surface area contributed by atoms with Crippen molar-refractivity contribution in [1.82, 2.24) is 10.6 Å². The van der Waals surface area contributed by atoms with Gasteiger partial charge in [0.2, 0.25) is 0 Å². The van der Waals surface area contributed by atoms with Crippen molar-refractivity contribution in [2.24, 2.45) is 4.99 Å². The molecule has 1 aromatic carbocycles. The summed E-state index contributed by atoms with van der Waals surface area (Å²) in [5.74, 6) is 2.80. The first-order valence-electron chi connectivity index (χ1n) is 4.88. The molecule has 0 aliphatic rings. The third-order valence-electron chi connectivity index (χ3n) is 1.93. The van der Waals surface area contributed by atoms with E-state index in [9.17, 15) is 4.39 Å². The average Bonchev–Trinajstić information content (AvgIpc) is 2.29. The molecule has 3 nitrogen and oxygen atoms in total. The van der Waals surface area contributed by atoms with Crippen LogP contribution in [0.25, 0.3) is 0 Å². The van der Waals surface area contributed by atoms with E-state index in [2.05, 4.69) is 21.5 Å². The van der Waals surface area contributed by atoms with E-state index < -0.39 is 0 Å². The highest BCUT2D eigenvalue weighted by Crippen LogP contribution is 2.02. The van der Waals surface area contributed by atoms with E-state index in [-0.39, 0.29) is 5.82 Å². The zero-order chi connectivity index (χ0) is 11.8. The molecule has 1 rings (SSSR count). The van der Waals surface area contributed by atoms with Crippen LogP contribution in [-0.2, 0) is 6.54 Å². The van der Waals surface area contributed by atoms with Crippen LogP contribution in [0.4, 0.5) is 4.39 Å². The summed E-state index contributed by atoms with van der Waals surface area (Å²) in [5, 5.41) is 5.94. The molecule has 0 heterocycles. The van der Waals surface area contributed by atoms with Crippen molar-refractivity contribution in [1.29, 1.82) is 0 Å². The minimum absolute atomic E-state index is 0.245. The zero-order valence-electron chi connectivity index (χ0n) is 9.13. The van der Waals surface area contributed by atoms with Crippen LogP contribution in [0.3, 0.4) is 0 Å². The van der Waals surface area contributed by atoms with Gasteiger partial charge in [0, 0.05) is 13.6 Å². The van der Waals surface area contributed by atoms with E-state index in [4.69, 9.17) is 6.42 Å². The van der Waals surface area contributed by atoms with Crippen LogP contribution in [0.15, 0.2) is 29.3 Å². The molecule has 0 saturated carbocycles. The van der Waals surface area contributed by atoms with Gasteiger partial charge in [0.15, 0.2) is 5.96 Å². The van der Waals surface area contributed by atoms with Gasteiger partial charge in [-0.2, -0.15) is 0 Å². The van der Waals surface area contributed by atoms with Crippen molar-refractivity contribution < 1.29 is 4.39 Å². The summed E-state index contributed by atoms with van der Waals surface area (Å²) in [5.41, 5.74) is 0.851. The molecule has 0 amide bonds. The Morgan fingerprint density at radius 3 is 2.94 bits per heavy atom. The second-order valence-electron chi connectivity index (χ2n) is 3.11. The summed E-state index contributed by atoms with van der Waals surface area (Å²) in [6.07, 6.45) is 5.11. The minimum atomic E-state index is -0.245. The molecular weight excluding hydrogens is 205 g/mol. The van der Waals surface area contributed by atoms with Crippen LogP contribution in [0.1, 0.15) is 5.56 Å². The monoisotopic (exact) mass is 219 g/mol. The Hall–Kier alpha value is -2.02. The Balaban J connectivity index is 2.47. The van der Waals surface area contributed by atoms with Gasteiger partial charge >= 0.3 is 0 Å². The maximum atomic E-state index is 12.9.